The first-order valence-corrected chi connectivity index (χ1v) is 8.12. The van der Waals surface area contributed by atoms with Gasteiger partial charge in [-0.2, -0.15) is 0 Å². The molecule has 1 radical (unpaired) electrons. The quantitative estimate of drug-likeness (QED) is 0.495. The molecule has 0 spiro atoms. The van der Waals surface area contributed by atoms with Gasteiger partial charge in [-0.15, -0.1) is 0 Å². The lowest BCUT2D eigenvalue weighted by molar-refractivity contribution is 0.301. The zero-order valence-corrected chi connectivity index (χ0v) is 11.7. The standard InChI is InChI=1S/C13H25O2Si/c1-3-4-12-16(14-2)15-11-10-13-8-6-5-7-9-13/h10-11,13H,3-9,12H2,1-2H3. The Morgan fingerprint density at radius 1 is 1.25 bits per heavy atom. The molecule has 0 aromatic heterocycles. The molecule has 0 amide bonds. The van der Waals surface area contributed by atoms with Gasteiger partial charge in [0.05, 0.1) is 6.26 Å². The Bertz CT molecular complexity index is 188. The van der Waals surface area contributed by atoms with Gasteiger partial charge < -0.3 is 8.85 Å². The van der Waals surface area contributed by atoms with Crippen molar-refractivity contribution in [3.63, 3.8) is 0 Å². The second-order valence-corrected chi connectivity index (χ2v) is 6.41. The molecule has 0 aromatic carbocycles. The fraction of sp³-hybridized carbons (Fsp3) is 0.846. The predicted octanol–water partition coefficient (Wildman–Crippen LogP) is 4.03. The molecule has 0 saturated heterocycles. The van der Waals surface area contributed by atoms with Crippen LogP contribution in [0.2, 0.25) is 6.04 Å². The molecule has 2 nitrogen and oxygen atoms in total. The maximum absolute atomic E-state index is 5.70. The Morgan fingerprint density at radius 2 is 2.00 bits per heavy atom. The summed E-state index contributed by atoms with van der Waals surface area (Å²) in [5.41, 5.74) is 0. The maximum Gasteiger partial charge on any atom is 0.457 e. The van der Waals surface area contributed by atoms with Crippen LogP contribution in [-0.2, 0) is 8.85 Å². The van der Waals surface area contributed by atoms with E-state index in [1.165, 1.54) is 44.9 Å². The highest BCUT2D eigenvalue weighted by Crippen LogP contribution is 2.24. The molecular formula is C13H25O2Si. The first kappa shape index (κ1) is 13.8. The van der Waals surface area contributed by atoms with Crippen molar-refractivity contribution in [3.05, 3.63) is 12.3 Å². The molecule has 0 aromatic rings. The van der Waals surface area contributed by atoms with Crippen LogP contribution in [0.25, 0.3) is 0 Å². The largest absolute Gasteiger partial charge is 0.525 e. The molecule has 93 valence electrons. The number of hydrogen-bond acceptors (Lipinski definition) is 2. The van der Waals surface area contributed by atoms with E-state index in [0.29, 0.717) is 0 Å². The third-order valence-electron chi connectivity index (χ3n) is 3.16. The van der Waals surface area contributed by atoms with Gasteiger partial charge in [0.1, 0.15) is 0 Å². The molecule has 0 atom stereocenters. The monoisotopic (exact) mass is 241 g/mol. The topological polar surface area (TPSA) is 18.5 Å². The summed E-state index contributed by atoms with van der Waals surface area (Å²) in [5, 5.41) is 0. The van der Waals surface area contributed by atoms with E-state index in [4.69, 9.17) is 8.85 Å². The second kappa shape index (κ2) is 8.82. The smallest absolute Gasteiger partial charge is 0.457 e. The lowest BCUT2D eigenvalue weighted by atomic mass is 9.89. The van der Waals surface area contributed by atoms with Crippen molar-refractivity contribution in [2.75, 3.05) is 7.11 Å². The molecule has 1 rings (SSSR count). The van der Waals surface area contributed by atoms with Gasteiger partial charge in [0.2, 0.25) is 0 Å². The van der Waals surface area contributed by atoms with Gasteiger partial charge in [0.15, 0.2) is 0 Å². The molecule has 1 aliphatic carbocycles. The highest BCUT2D eigenvalue weighted by Gasteiger charge is 2.14. The van der Waals surface area contributed by atoms with Crippen LogP contribution in [0.3, 0.4) is 0 Å². The van der Waals surface area contributed by atoms with Crippen LogP contribution >= 0.6 is 0 Å². The summed E-state index contributed by atoms with van der Waals surface area (Å²) >= 11 is 0. The molecule has 3 heteroatoms. The van der Waals surface area contributed by atoms with Crippen molar-refractivity contribution in [1.82, 2.24) is 0 Å². The van der Waals surface area contributed by atoms with Crippen LogP contribution in [0.5, 0.6) is 0 Å². The number of hydrogen-bond donors (Lipinski definition) is 0. The summed E-state index contributed by atoms with van der Waals surface area (Å²) in [4.78, 5) is 0. The molecule has 0 unspecified atom stereocenters. The number of unbranched alkanes of at least 4 members (excludes halogenated alkanes) is 1. The van der Waals surface area contributed by atoms with E-state index in [9.17, 15) is 0 Å². The van der Waals surface area contributed by atoms with E-state index in [0.717, 1.165) is 12.0 Å². The Labute approximate surface area is 102 Å². The zero-order valence-electron chi connectivity index (χ0n) is 10.7. The molecular weight excluding hydrogens is 216 g/mol. The third-order valence-corrected chi connectivity index (χ3v) is 4.78. The highest BCUT2D eigenvalue weighted by atomic mass is 28.3. The molecule has 0 N–H and O–H groups in total. The maximum atomic E-state index is 5.70. The summed E-state index contributed by atoms with van der Waals surface area (Å²) in [6.45, 7) is 2.20. The number of rotatable bonds is 7. The van der Waals surface area contributed by atoms with E-state index in [1.54, 1.807) is 7.11 Å². The molecule has 0 aliphatic heterocycles. The van der Waals surface area contributed by atoms with E-state index >= 15 is 0 Å². The summed E-state index contributed by atoms with van der Waals surface area (Å²) in [7, 11) is 0.729. The van der Waals surface area contributed by atoms with Crippen LogP contribution < -0.4 is 0 Å². The predicted molar refractivity (Wildman–Crippen MR) is 69.3 cm³/mol. The number of allylic oxidation sites excluding steroid dienone is 1. The van der Waals surface area contributed by atoms with Gasteiger partial charge in [0, 0.05) is 13.2 Å². The van der Waals surface area contributed by atoms with Gasteiger partial charge in [-0.05, 0) is 24.8 Å². The first-order valence-electron chi connectivity index (χ1n) is 6.60. The SMILES string of the molecule is CCCC[Si](OC)OC=CC1CCCCC1. The summed E-state index contributed by atoms with van der Waals surface area (Å²) < 4.78 is 11.1. The highest BCUT2D eigenvalue weighted by molar-refractivity contribution is 6.44. The Kier molecular flexibility index (Phi) is 7.60. The van der Waals surface area contributed by atoms with Gasteiger partial charge in [0.25, 0.3) is 0 Å². The van der Waals surface area contributed by atoms with Crippen molar-refractivity contribution < 1.29 is 8.85 Å². The Hall–Kier alpha value is -0.283. The molecule has 16 heavy (non-hydrogen) atoms. The lowest BCUT2D eigenvalue weighted by Gasteiger charge is -2.18. The van der Waals surface area contributed by atoms with Crippen molar-refractivity contribution >= 4 is 9.28 Å². The van der Waals surface area contributed by atoms with Crippen LogP contribution in [0.1, 0.15) is 51.9 Å². The summed E-state index contributed by atoms with van der Waals surface area (Å²) in [6.07, 6.45) is 13.4. The molecule has 0 bridgehead atoms. The Morgan fingerprint density at radius 3 is 2.62 bits per heavy atom. The second-order valence-electron chi connectivity index (χ2n) is 4.52. The fourth-order valence-electron chi connectivity index (χ4n) is 2.08. The van der Waals surface area contributed by atoms with Gasteiger partial charge in [-0.1, -0.05) is 39.0 Å². The molecule has 1 fully saturated rings. The van der Waals surface area contributed by atoms with Crippen LogP contribution in [0.15, 0.2) is 12.3 Å². The van der Waals surface area contributed by atoms with Crippen molar-refractivity contribution in [3.8, 4) is 0 Å². The minimum absolute atomic E-state index is 0.750. The summed E-state index contributed by atoms with van der Waals surface area (Å²) in [5.74, 6) is 0.750. The zero-order chi connectivity index (χ0) is 11.6. The lowest BCUT2D eigenvalue weighted by Crippen LogP contribution is -2.18. The van der Waals surface area contributed by atoms with Gasteiger partial charge >= 0.3 is 9.28 Å². The van der Waals surface area contributed by atoms with E-state index in [2.05, 4.69) is 13.0 Å². The van der Waals surface area contributed by atoms with Gasteiger partial charge in [-0.3, -0.25) is 0 Å². The van der Waals surface area contributed by atoms with E-state index in [-0.39, 0.29) is 0 Å². The average Bonchev–Trinajstić information content (AvgIpc) is 2.35. The van der Waals surface area contributed by atoms with Gasteiger partial charge in [-0.25, -0.2) is 0 Å². The molecule has 1 aliphatic rings. The van der Waals surface area contributed by atoms with Crippen LogP contribution in [-0.4, -0.2) is 16.4 Å². The van der Waals surface area contributed by atoms with Crippen molar-refractivity contribution in [2.45, 2.75) is 57.9 Å². The third kappa shape index (κ3) is 5.71. The van der Waals surface area contributed by atoms with Crippen LogP contribution in [0, 0.1) is 5.92 Å². The first-order chi connectivity index (χ1) is 7.86. The van der Waals surface area contributed by atoms with Crippen molar-refractivity contribution in [1.29, 1.82) is 0 Å². The minimum Gasteiger partial charge on any atom is -0.525 e. The normalized spacial score (nSPS) is 18.4. The average molecular weight is 241 g/mol. The van der Waals surface area contributed by atoms with Crippen molar-refractivity contribution in [2.24, 2.45) is 5.92 Å². The summed E-state index contributed by atoms with van der Waals surface area (Å²) in [6, 6.07) is 1.09. The molecule has 1 saturated carbocycles. The van der Waals surface area contributed by atoms with E-state index in [1.807, 2.05) is 6.26 Å². The van der Waals surface area contributed by atoms with Crippen LogP contribution in [0.4, 0.5) is 0 Å². The fourth-order valence-corrected chi connectivity index (χ4v) is 3.37. The Balaban J connectivity index is 2.16. The van der Waals surface area contributed by atoms with E-state index < -0.39 is 9.28 Å². The minimum atomic E-state index is -1.03. The molecule has 0 heterocycles.